The largest absolute Gasteiger partial charge is 0.439 e. The van der Waals surface area contributed by atoms with Crippen molar-refractivity contribution in [3.63, 3.8) is 0 Å². The fraction of sp³-hybridized carbons (Fsp3) is 0.370. The minimum absolute atomic E-state index is 0.0129. The lowest BCUT2D eigenvalue weighted by molar-refractivity contribution is 0.0905. The van der Waals surface area contributed by atoms with Gasteiger partial charge in [-0.25, -0.2) is 8.42 Å². The molecule has 1 fully saturated rings. The minimum atomic E-state index is -3.82. The van der Waals surface area contributed by atoms with Crippen molar-refractivity contribution in [3.05, 3.63) is 83.1 Å². The van der Waals surface area contributed by atoms with Crippen LogP contribution in [0.4, 0.5) is 0 Å². The highest BCUT2D eigenvalue weighted by atomic mass is 32.2. The van der Waals surface area contributed by atoms with Crippen molar-refractivity contribution in [3.8, 4) is 0 Å². The van der Waals surface area contributed by atoms with Gasteiger partial charge in [0.2, 0.25) is 14.9 Å². The van der Waals surface area contributed by atoms with Crippen molar-refractivity contribution in [2.45, 2.75) is 55.6 Å². The molecular weight excluding hydrogens is 448 g/mol. The molecule has 0 spiro atoms. The fourth-order valence-electron chi connectivity index (χ4n) is 4.31. The van der Waals surface area contributed by atoms with Crippen molar-refractivity contribution in [1.29, 1.82) is 0 Å². The lowest BCUT2D eigenvalue weighted by Crippen LogP contribution is -2.36. The lowest BCUT2D eigenvalue weighted by atomic mass is 9.98. The lowest BCUT2D eigenvalue weighted by Gasteiger charge is -2.28. The maximum Gasteiger partial charge on any atom is 0.287 e. The molecule has 2 heterocycles. The summed E-state index contributed by atoms with van der Waals surface area (Å²) in [5.41, 5.74) is 3.41. The van der Waals surface area contributed by atoms with Gasteiger partial charge in [-0.3, -0.25) is 9.69 Å². The smallest absolute Gasteiger partial charge is 0.287 e. The third kappa shape index (κ3) is 5.26. The third-order valence-electron chi connectivity index (χ3n) is 6.43. The number of carbonyl (C=O) groups is 1. The predicted molar refractivity (Wildman–Crippen MR) is 132 cm³/mol. The summed E-state index contributed by atoms with van der Waals surface area (Å²) in [6, 6.07) is 17.9. The zero-order chi connectivity index (χ0) is 24.3. The molecule has 180 valence electrons. The molecule has 0 radical (unpaired) electrons. The van der Waals surface area contributed by atoms with Crippen LogP contribution in [0.5, 0.6) is 0 Å². The average molecular weight is 481 g/mol. The van der Waals surface area contributed by atoms with Crippen LogP contribution in [-0.4, -0.2) is 38.9 Å². The number of carbonyl (C=O) groups excluding carboxylic acids is 1. The highest BCUT2D eigenvalue weighted by Crippen LogP contribution is 2.27. The molecule has 6 nitrogen and oxygen atoms in total. The number of rotatable bonds is 8. The molecule has 0 saturated carbocycles. The molecule has 1 unspecified atom stereocenters. The molecule has 1 aromatic heterocycles. The van der Waals surface area contributed by atoms with Gasteiger partial charge in [0.1, 0.15) is 0 Å². The molecule has 3 aromatic rings. The van der Waals surface area contributed by atoms with Crippen molar-refractivity contribution in [2.24, 2.45) is 0 Å². The first-order chi connectivity index (χ1) is 16.3. The molecular formula is C27H32N2O4S. The van der Waals surface area contributed by atoms with Gasteiger partial charge in [0.15, 0.2) is 5.76 Å². The summed E-state index contributed by atoms with van der Waals surface area (Å²) >= 11 is 0. The van der Waals surface area contributed by atoms with Gasteiger partial charge >= 0.3 is 0 Å². The molecule has 0 aliphatic carbocycles. The van der Waals surface area contributed by atoms with Gasteiger partial charge in [-0.2, -0.15) is 0 Å². The van der Waals surface area contributed by atoms with Gasteiger partial charge < -0.3 is 9.73 Å². The van der Waals surface area contributed by atoms with E-state index in [2.05, 4.69) is 48.3 Å². The van der Waals surface area contributed by atoms with Crippen LogP contribution >= 0.6 is 0 Å². The maximum absolute atomic E-state index is 12.8. The van der Waals surface area contributed by atoms with Gasteiger partial charge in [-0.1, -0.05) is 55.8 Å². The summed E-state index contributed by atoms with van der Waals surface area (Å²) in [6.07, 6.45) is 2.29. The summed E-state index contributed by atoms with van der Waals surface area (Å²) in [6.45, 7) is 8.63. The van der Waals surface area contributed by atoms with Gasteiger partial charge in [0.05, 0.1) is 10.9 Å². The normalized spacial score (nSPS) is 15.5. The topological polar surface area (TPSA) is 79.6 Å². The van der Waals surface area contributed by atoms with E-state index in [1.165, 1.54) is 29.8 Å². The molecule has 1 aliphatic heterocycles. The molecule has 1 atom stereocenters. The van der Waals surface area contributed by atoms with E-state index < -0.39 is 15.7 Å². The zero-order valence-corrected chi connectivity index (χ0v) is 20.8. The van der Waals surface area contributed by atoms with Crippen LogP contribution in [0, 0.1) is 6.92 Å². The summed E-state index contributed by atoms with van der Waals surface area (Å²) in [5, 5.41) is 2.72. The molecule has 2 aromatic carbocycles. The van der Waals surface area contributed by atoms with Crippen LogP contribution in [0.2, 0.25) is 0 Å². The van der Waals surface area contributed by atoms with Crippen LogP contribution in [0.15, 0.2) is 75.1 Å². The predicted octanol–water partition coefficient (Wildman–Crippen LogP) is 5.11. The van der Waals surface area contributed by atoms with Gasteiger partial charge in [-0.15, -0.1) is 0 Å². The molecule has 7 heteroatoms. The van der Waals surface area contributed by atoms with Crippen LogP contribution in [0.3, 0.4) is 0 Å². The Balaban J connectivity index is 1.48. The van der Waals surface area contributed by atoms with Gasteiger partial charge in [0.25, 0.3) is 5.91 Å². The monoisotopic (exact) mass is 480 g/mol. The molecule has 1 saturated heterocycles. The highest BCUT2D eigenvalue weighted by molar-refractivity contribution is 7.91. The van der Waals surface area contributed by atoms with Crippen LogP contribution in [0.25, 0.3) is 0 Å². The van der Waals surface area contributed by atoms with Gasteiger partial charge in [0, 0.05) is 6.54 Å². The number of likely N-dealkylation sites (tertiary alicyclic amines) is 1. The van der Waals surface area contributed by atoms with Crippen molar-refractivity contribution < 1.29 is 17.6 Å². The molecule has 1 N–H and O–H groups in total. The second-order valence-electron chi connectivity index (χ2n) is 9.23. The Morgan fingerprint density at radius 1 is 0.941 bits per heavy atom. The summed E-state index contributed by atoms with van der Waals surface area (Å²) in [5.74, 6) is 0.0256. The van der Waals surface area contributed by atoms with Crippen LogP contribution in [0.1, 0.15) is 65.9 Å². The molecule has 4 rings (SSSR count). The minimum Gasteiger partial charge on any atom is -0.439 e. The Hall–Kier alpha value is -2.90. The van der Waals surface area contributed by atoms with E-state index in [-0.39, 0.29) is 21.8 Å². The first kappa shape index (κ1) is 24.2. The summed E-state index contributed by atoms with van der Waals surface area (Å²) < 4.78 is 31.2. The number of nitrogens with zero attached hydrogens (tertiary/aromatic N) is 1. The van der Waals surface area contributed by atoms with Gasteiger partial charge in [-0.05, 0) is 74.2 Å². The first-order valence-corrected chi connectivity index (χ1v) is 13.3. The van der Waals surface area contributed by atoms with E-state index in [0.29, 0.717) is 12.5 Å². The number of sulfone groups is 1. The number of benzene rings is 2. The second kappa shape index (κ2) is 10.2. The Labute approximate surface area is 201 Å². The van der Waals surface area contributed by atoms with E-state index in [4.69, 9.17) is 4.42 Å². The van der Waals surface area contributed by atoms with Crippen LogP contribution < -0.4 is 5.32 Å². The number of nitrogens with one attached hydrogen (secondary N) is 1. The molecule has 34 heavy (non-hydrogen) atoms. The maximum atomic E-state index is 12.8. The Morgan fingerprint density at radius 2 is 1.56 bits per heavy atom. The number of hydrogen-bond donors (Lipinski definition) is 1. The van der Waals surface area contributed by atoms with Crippen molar-refractivity contribution >= 4 is 15.7 Å². The van der Waals surface area contributed by atoms with Crippen LogP contribution in [-0.2, 0) is 9.84 Å². The van der Waals surface area contributed by atoms with E-state index in [9.17, 15) is 13.2 Å². The number of amides is 1. The van der Waals surface area contributed by atoms with E-state index in [0.717, 1.165) is 37.1 Å². The third-order valence-corrected chi connectivity index (χ3v) is 8.07. The van der Waals surface area contributed by atoms with E-state index in [1.807, 2.05) is 6.92 Å². The van der Waals surface area contributed by atoms with E-state index in [1.54, 1.807) is 12.1 Å². The second-order valence-corrected chi connectivity index (χ2v) is 11.1. The summed E-state index contributed by atoms with van der Waals surface area (Å²) in [7, 11) is -3.82. The number of hydrogen-bond acceptors (Lipinski definition) is 5. The number of furan rings is 1. The fourth-order valence-corrected chi connectivity index (χ4v) is 5.48. The highest BCUT2D eigenvalue weighted by Gasteiger charge is 2.26. The molecule has 0 bridgehead atoms. The first-order valence-electron chi connectivity index (χ1n) is 11.8. The van der Waals surface area contributed by atoms with Crippen molar-refractivity contribution in [2.75, 3.05) is 19.6 Å². The Bertz CT molecular complexity index is 1220. The Morgan fingerprint density at radius 3 is 2.18 bits per heavy atom. The standard InChI is InChI=1S/C27H32N2O4S/c1-19(2)21-8-10-22(11-9-21)24(29-16-4-5-17-29)18-28-27(30)25-14-15-26(33-25)34(31,32)23-12-6-20(3)7-13-23/h6-15,19,24H,4-5,16-18H2,1-3H3,(H,28,30). The molecule has 1 amide bonds. The zero-order valence-electron chi connectivity index (χ0n) is 20.0. The Kier molecular flexibility index (Phi) is 7.24. The quantitative estimate of drug-likeness (QED) is 0.485. The van der Waals surface area contributed by atoms with Crippen molar-refractivity contribution in [1.82, 2.24) is 10.2 Å². The van der Waals surface area contributed by atoms with E-state index >= 15 is 0 Å². The molecule has 1 aliphatic rings. The average Bonchev–Trinajstić information content (AvgIpc) is 3.53. The number of aryl methyl sites for hydroxylation is 1. The SMILES string of the molecule is Cc1ccc(S(=O)(=O)c2ccc(C(=O)NCC(c3ccc(C(C)C)cc3)N3CCCC3)o2)cc1. The summed E-state index contributed by atoms with van der Waals surface area (Å²) in [4.78, 5) is 15.4.